The molecular formula is C52H32N6. The standard InChI is InChI=1S/C52H32N6/c53-32-34-15-19-36(20-16-34)41-23-27-45-46-28-24-42(37-21-17-35(33-54)18-22-37)30-49(46)58(48(45)29-41)47-31-43(25-26-44(47)38-9-7-8-10-38)52-56-50(39-11-3-1-4-12-39)55-51(57-52)40-13-5-2-6-14-40/h1-7,9-31H,8H2. The van der Waals surface area contributed by atoms with Crippen LogP contribution in [0.5, 0.6) is 0 Å². The predicted octanol–water partition coefficient (Wildman–Crippen LogP) is 12.4. The second-order valence-corrected chi connectivity index (χ2v) is 14.2. The van der Waals surface area contributed by atoms with Gasteiger partial charge < -0.3 is 4.57 Å². The summed E-state index contributed by atoms with van der Waals surface area (Å²) in [5.41, 5.74) is 13.4. The van der Waals surface area contributed by atoms with Gasteiger partial charge >= 0.3 is 0 Å². The van der Waals surface area contributed by atoms with Crippen molar-refractivity contribution in [3.63, 3.8) is 0 Å². The minimum absolute atomic E-state index is 0.578. The normalized spacial score (nSPS) is 12.1. The van der Waals surface area contributed by atoms with Crippen LogP contribution in [0.2, 0.25) is 0 Å². The summed E-state index contributed by atoms with van der Waals surface area (Å²) in [5, 5.41) is 21.2. The zero-order valence-electron chi connectivity index (χ0n) is 31.2. The van der Waals surface area contributed by atoms with Gasteiger partial charge in [-0.25, -0.2) is 15.0 Å². The maximum absolute atomic E-state index is 9.49. The predicted molar refractivity (Wildman–Crippen MR) is 233 cm³/mol. The van der Waals surface area contributed by atoms with Gasteiger partial charge in [0.05, 0.1) is 40.0 Å². The van der Waals surface area contributed by atoms with Crippen LogP contribution in [0.25, 0.3) is 89.5 Å². The molecule has 9 aromatic rings. The highest BCUT2D eigenvalue weighted by atomic mass is 15.0. The van der Waals surface area contributed by atoms with Crippen LogP contribution in [0.1, 0.15) is 23.1 Å². The maximum atomic E-state index is 9.49. The molecule has 0 spiro atoms. The van der Waals surface area contributed by atoms with Crippen molar-refractivity contribution in [1.82, 2.24) is 19.5 Å². The van der Waals surface area contributed by atoms with Gasteiger partial charge in [-0.1, -0.05) is 140 Å². The summed E-state index contributed by atoms with van der Waals surface area (Å²) in [6, 6.07) is 59.7. The molecule has 0 N–H and O–H groups in total. The first-order chi connectivity index (χ1) is 28.6. The number of allylic oxidation sites excluding steroid dienone is 4. The molecule has 0 bridgehead atoms. The molecule has 270 valence electrons. The zero-order chi connectivity index (χ0) is 39.0. The third kappa shape index (κ3) is 6.22. The second kappa shape index (κ2) is 14.5. The van der Waals surface area contributed by atoms with Crippen molar-refractivity contribution >= 4 is 27.4 Å². The summed E-state index contributed by atoms with van der Waals surface area (Å²) < 4.78 is 2.37. The van der Waals surface area contributed by atoms with E-state index in [4.69, 9.17) is 15.0 Å². The van der Waals surface area contributed by atoms with Crippen LogP contribution in [0, 0.1) is 22.7 Å². The summed E-state index contributed by atoms with van der Waals surface area (Å²) in [5.74, 6) is 1.79. The van der Waals surface area contributed by atoms with Crippen LogP contribution in [-0.4, -0.2) is 19.5 Å². The molecule has 0 aliphatic heterocycles. The fraction of sp³-hybridized carbons (Fsp3) is 0.0192. The quantitative estimate of drug-likeness (QED) is 0.162. The Kier molecular flexibility index (Phi) is 8.56. The number of benzene rings is 7. The van der Waals surface area contributed by atoms with Gasteiger partial charge in [0, 0.05) is 33.0 Å². The van der Waals surface area contributed by atoms with Crippen molar-refractivity contribution in [2.45, 2.75) is 6.42 Å². The van der Waals surface area contributed by atoms with Crippen molar-refractivity contribution in [1.29, 1.82) is 10.5 Å². The lowest BCUT2D eigenvalue weighted by molar-refractivity contribution is 1.07. The van der Waals surface area contributed by atoms with Crippen molar-refractivity contribution in [2.75, 3.05) is 0 Å². The zero-order valence-corrected chi connectivity index (χ0v) is 31.2. The maximum Gasteiger partial charge on any atom is 0.164 e. The summed E-state index contributed by atoms with van der Waals surface area (Å²) in [6.07, 6.45) is 7.51. The number of hydrogen-bond donors (Lipinski definition) is 0. The Morgan fingerprint density at radius 1 is 0.448 bits per heavy atom. The molecule has 6 heteroatoms. The van der Waals surface area contributed by atoms with E-state index in [0.717, 1.165) is 84.0 Å². The molecule has 10 rings (SSSR count). The molecule has 0 radical (unpaired) electrons. The van der Waals surface area contributed by atoms with Crippen molar-refractivity contribution < 1.29 is 0 Å². The monoisotopic (exact) mass is 740 g/mol. The van der Waals surface area contributed by atoms with Gasteiger partial charge in [-0.3, -0.25) is 0 Å². The van der Waals surface area contributed by atoms with Gasteiger partial charge in [-0.2, -0.15) is 10.5 Å². The Bertz CT molecular complexity index is 3010. The summed E-state index contributed by atoms with van der Waals surface area (Å²) in [4.78, 5) is 15.2. The lowest BCUT2D eigenvalue weighted by atomic mass is 10.0. The molecule has 0 saturated heterocycles. The van der Waals surface area contributed by atoms with E-state index < -0.39 is 0 Å². The summed E-state index contributed by atoms with van der Waals surface area (Å²) in [7, 11) is 0. The molecule has 2 aromatic heterocycles. The summed E-state index contributed by atoms with van der Waals surface area (Å²) in [6.45, 7) is 0. The minimum Gasteiger partial charge on any atom is -0.309 e. The molecule has 58 heavy (non-hydrogen) atoms. The average molecular weight is 741 g/mol. The van der Waals surface area contributed by atoms with E-state index in [1.807, 2.05) is 109 Å². The topological polar surface area (TPSA) is 91.2 Å². The molecular weight excluding hydrogens is 709 g/mol. The largest absolute Gasteiger partial charge is 0.309 e. The number of rotatable bonds is 7. The third-order valence-corrected chi connectivity index (χ3v) is 10.7. The van der Waals surface area contributed by atoms with Crippen molar-refractivity contribution in [3.05, 3.63) is 199 Å². The molecule has 0 saturated carbocycles. The molecule has 0 atom stereocenters. The SMILES string of the molecule is N#Cc1ccc(-c2ccc3c4ccc(-c5ccc(C#N)cc5)cc4n(-c4cc(-c5nc(-c6ccccc6)nc(-c6ccccc6)n5)ccc4C4=CCC=C4)c3c2)cc1. The van der Waals surface area contributed by atoms with Gasteiger partial charge in [0.15, 0.2) is 17.5 Å². The first kappa shape index (κ1) is 34.3. The van der Waals surface area contributed by atoms with Gasteiger partial charge in [0.1, 0.15) is 0 Å². The Hall–Kier alpha value is -8.19. The Morgan fingerprint density at radius 3 is 1.38 bits per heavy atom. The number of nitriles is 2. The number of aromatic nitrogens is 4. The van der Waals surface area contributed by atoms with Gasteiger partial charge in [0.25, 0.3) is 0 Å². The Morgan fingerprint density at radius 2 is 0.914 bits per heavy atom. The van der Waals surface area contributed by atoms with Gasteiger partial charge in [0.2, 0.25) is 0 Å². The first-order valence-electron chi connectivity index (χ1n) is 19.1. The van der Waals surface area contributed by atoms with Crippen LogP contribution in [0.3, 0.4) is 0 Å². The van der Waals surface area contributed by atoms with Crippen molar-refractivity contribution in [3.8, 4) is 74.2 Å². The summed E-state index contributed by atoms with van der Waals surface area (Å²) >= 11 is 0. The van der Waals surface area contributed by atoms with E-state index in [0.29, 0.717) is 28.6 Å². The highest BCUT2D eigenvalue weighted by Gasteiger charge is 2.21. The highest BCUT2D eigenvalue weighted by molar-refractivity contribution is 6.11. The molecule has 1 aliphatic rings. The van der Waals surface area contributed by atoms with E-state index in [1.54, 1.807) is 0 Å². The van der Waals surface area contributed by atoms with Gasteiger partial charge in [-0.15, -0.1) is 0 Å². The second-order valence-electron chi connectivity index (χ2n) is 14.2. The van der Waals surface area contributed by atoms with Crippen molar-refractivity contribution in [2.24, 2.45) is 0 Å². The average Bonchev–Trinajstić information content (AvgIpc) is 3.96. The number of fused-ring (bicyclic) bond motifs is 3. The molecule has 0 amide bonds. The van der Waals surface area contributed by atoms with Crippen LogP contribution < -0.4 is 0 Å². The molecule has 6 nitrogen and oxygen atoms in total. The lowest BCUT2D eigenvalue weighted by Gasteiger charge is -2.17. The minimum atomic E-state index is 0.578. The smallest absolute Gasteiger partial charge is 0.164 e. The van der Waals surface area contributed by atoms with E-state index in [1.165, 1.54) is 0 Å². The van der Waals surface area contributed by atoms with Crippen LogP contribution >= 0.6 is 0 Å². The van der Waals surface area contributed by atoms with Crippen LogP contribution in [-0.2, 0) is 0 Å². The van der Waals surface area contributed by atoms with Crippen LogP contribution in [0.4, 0.5) is 0 Å². The number of nitrogens with zero attached hydrogens (tertiary/aromatic N) is 6. The van der Waals surface area contributed by atoms with Gasteiger partial charge in [-0.05, 0) is 76.7 Å². The fourth-order valence-corrected chi connectivity index (χ4v) is 7.81. The first-order valence-corrected chi connectivity index (χ1v) is 19.1. The molecule has 0 unspecified atom stereocenters. The Labute approximate surface area is 335 Å². The van der Waals surface area contributed by atoms with E-state index in [2.05, 4.69) is 89.5 Å². The van der Waals surface area contributed by atoms with E-state index >= 15 is 0 Å². The van der Waals surface area contributed by atoms with E-state index in [-0.39, 0.29) is 0 Å². The lowest BCUT2D eigenvalue weighted by Crippen LogP contribution is -2.03. The fourth-order valence-electron chi connectivity index (χ4n) is 7.81. The molecule has 2 heterocycles. The van der Waals surface area contributed by atoms with Crippen LogP contribution in [0.15, 0.2) is 182 Å². The molecule has 7 aromatic carbocycles. The Balaban J connectivity index is 1.25. The highest BCUT2D eigenvalue weighted by Crippen LogP contribution is 2.41. The molecule has 0 fully saturated rings. The number of hydrogen-bond acceptors (Lipinski definition) is 5. The molecule has 1 aliphatic carbocycles. The third-order valence-electron chi connectivity index (χ3n) is 10.7. The van der Waals surface area contributed by atoms with E-state index in [9.17, 15) is 10.5 Å².